The van der Waals surface area contributed by atoms with Gasteiger partial charge in [0.25, 0.3) is 15.9 Å². The second kappa shape index (κ2) is 11.2. The van der Waals surface area contributed by atoms with Crippen LogP contribution in [0, 0.1) is 6.92 Å². The van der Waals surface area contributed by atoms with Gasteiger partial charge < -0.3 is 5.32 Å². The minimum Gasteiger partial charge on any atom is -0.322 e. The van der Waals surface area contributed by atoms with Crippen molar-refractivity contribution >= 4 is 48.9 Å². The number of hydrogen-bond donors (Lipinski definition) is 2. The Balaban J connectivity index is 1.49. The van der Waals surface area contributed by atoms with E-state index >= 15 is 0 Å². The normalized spacial score (nSPS) is 15.1. The molecule has 0 radical (unpaired) electrons. The number of halogens is 1. The van der Waals surface area contributed by atoms with E-state index in [2.05, 4.69) is 10.0 Å². The summed E-state index contributed by atoms with van der Waals surface area (Å²) in [5, 5.41) is 2.76. The molecular weight excluding hydrogens is 534 g/mol. The standard InChI is InChI=1S/C26H28ClN3O5S2/c1-19-6-8-21(9-7-19)29-36(32,33)22-12-10-20(11-13-22)28-26(31)24-18-23(14-15-25(24)27)37(34,35)30-16-4-2-3-5-17-30/h6-15,18,29H,2-5,16-17H2,1H3,(H,28,31). The van der Waals surface area contributed by atoms with E-state index in [1.165, 1.54) is 46.8 Å². The van der Waals surface area contributed by atoms with Crippen LogP contribution in [0.2, 0.25) is 5.02 Å². The van der Waals surface area contributed by atoms with E-state index in [0.29, 0.717) is 24.5 Å². The summed E-state index contributed by atoms with van der Waals surface area (Å²) < 4.78 is 55.7. The maximum Gasteiger partial charge on any atom is 0.261 e. The fourth-order valence-electron chi connectivity index (χ4n) is 4.02. The molecule has 0 saturated carbocycles. The quantitative estimate of drug-likeness (QED) is 0.408. The van der Waals surface area contributed by atoms with E-state index in [9.17, 15) is 21.6 Å². The van der Waals surface area contributed by atoms with Gasteiger partial charge in [-0.15, -0.1) is 0 Å². The van der Waals surface area contributed by atoms with Gasteiger partial charge in [0.05, 0.1) is 20.4 Å². The van der Waals surface area contributed by atoms with Crippen molar-refractivity contribution in [2.45, 2.75) is 42.4 Å². The van der Waals surface area contributed by atoms with Crippen molar-refractivity contribution in [3.8, 4) is 0 Å². The summed E-state index contributed by atoms with van der Waals surface area (Å²) in [4.78, 5) is 13.0. The van der Waals surface area contributed by atoms with Gasteiger partial charge in [-0.25, -0.2) is 16.8 Å². The molecule has 1 amide bonds. The molecule has 1 saturated heterocycles. The molecule has 1 aliphatic rings. The third-order valence-corrected chi connectivity index (χ3v) is 9.73. The molecule has 1 heterocycles. The monoisotopic (exact) mass is 561 g/mol. The lowest BCUT2D eigenvalue weighted by Crippen LogP contribution is -2.32. The highest BCUT2D eigenvalue weighted by atomic mass is 35.5. The Kier molecular flexibility index (Phi) is 8.23. The summed E-state index contributed by atoms with van der Waals surface area (Å²) in [6.07, 6.45) is 3.57. The Labute approximate surface area is 222 Å². The highest BCUT2D eigenvalue weighted by Crippen LogP contribution is 2.26. The summed E-state index contributed by atoms with van der Waals surface area (Å²) >= 11 is 6.23. The van der Waals surface area contributed by atoms with Gasteiger partial charge in [0, 0.05) is 24.5 Å². The van der Waals surface area contributed by atoms with Crippen LogP contribution in [0.1, 0.15) is 41.6 Å². The number of rotatable bonds is 7. The smallest absolute Gasteiger partial charge is 0.261 e. The number of nitrogens with zero attached hydrogens (tertiary/aromatic N) is 1. The summed E-state index contributed by atoms with van der Waals surface area (Å²) in [6, 6.07) is 16.7. The minimum atomic E-state index is -3.82. The summed E-state index contributed by atoms with van der Waals surface area (Å²) in [5.74, 6) is -0.605. The SMILES string of the molecule is Cc1ccc(NS(=O)(=O)c2ccc(NC(=O)c3cc(S(=O)(=O)N4CCCCCC4)ccc3Cl)cc2)cc1. The van der Waals surface area contributed by atoms with Crippen molar-refractivity contribution in [2.24, 2.45) is 0 Å². The number of amides is 1. The molecule has 0 bridgehead atoms. The van der Waals surface area contributed by atoms with Crippen LogP contribution in [0.4, 0.5) is 11.4 Å². The summed E-state index contributed by atoms with van der Waals surface area (Å²) in [7, 11) is -7.58. The molecule has 0 aromatic heterocycles. The molecule has 2 N–H and O–H groups in total. The number of hydrogen-bond acceptors (Lipinski definition) is 5. The number of aryl methyl sites for hydroxylation is 1. The first-order valence-electron chi connectivity index (χ1n) is 11.9. The summed E-state index contributed by atoms with van der Waals surface area (Å²) in [6.45, 7) is 2.80. The van der Waals surface area contributed by atoms with Gasteiger partial charge >= 0.3 is 0 Å². The van der Waals surface area contributed by atoms with Crippen LogP contribution < -0.4 is 10.0 Å². The van der Waals surface area contributed by atoms with Gasteiger partial charge in [-0.1, -0.05) is 42.1 Å². The molecule has 0 spiro atoms. The second-order valence-electron chi connectivity index (χ2n) is 8.91. The Bertz CT molecular complexity index is 1480. The largest absolute Gasteiger partial charge is 0.322 e. The predicted molar refractivity (Wildman–Crippen MR) is 145 cm³/mol. The molecule has 0 aliphatic carbocycles. The third-order valence-electron chi connectivity index (χ3n) is 6.11. The maximum absolute atomic E-state index is 13.2. The van der Waals surface area contributed by atoms with Crippen molar-refractivity contribution < 1.29 is 21.6 Å². The first kappa shape index (κ1) is 27.1. The number of sulfonamides is 2. The van der Waals surface area contributed by atoms with E-state index in [4.69, 9.17) is 11.6 Å². The average Bonchev–Trinajstić information content (AvgIpc) is 3.16. The number of nitrogens with one attached hydrogen (secondary N) is 2. The molecule has 196 valence electrons. The lowest BCUT2D eigenvalue weighted by atomic mass is 10.2. The first-order chi connectivity index (χ1) is 17.6. The number of carbonyl (C=O) groups is 1. The third kappa shape index (κ3) is 6.51. The van der Waals surface area contributed by atoms with E-state index in [1.807, 2.05) is 6.92 Å². The molecule has 8 nitrogen and oxygen atoms in total. The van der Waals surface area contributed by atoms with Gasteiger partial charge in [-0.2, -0.15) is 4.31 Å². The zero-order valence-electron chi connectivity index (χ0n) is 20.3. The number of carbonyl (C=O) groups excluding carboxylic acids is 1. The van der Waals surface area contributed by atoms with Crippen LogP contribution in [-0.2, 0) is 20.0 Å². The van der Waals surface area contributed by atoms with Gasteiger partial charge in [-0.05, 0) is 74.4 Å². The van der Waals surface area contributed by atoms with Crippen LogP contribution >= 0.6 is 11.6 Å². The molecule has 11 heteroatoms. The Morgan fingerprint density at radius 2 is 1.35 bits per heavy atom. The molecule has 3 aromatic rings. The zero-order valence-corrected chi connectivity index (χ0v) is 22.7. The molecular formula is C26H28ClN3O5S2. The van der Waals surface area contributed by atoms with E-state index in [0.717, 1.165) is 31.2 Å². The fraction of sp³-hybridized carbons (Fsp3) is 0.269. The Morgan fingerprint density at radius 3 is 1.97 bits per heavy atom. The lowest BCUT2D eigenvalue weighted by Gasteiger charge is -2.20. The van der Waals surface area contributed by atoms with Gasteiger partial charge in [0.15, 0.2) is 0 Å². The highest BCUT2D eigenvalue weighted by Gasteiger charge is 2.27. The maximum atomic E-state index is 13.2. The second-order valence-corrected chi connectivity index (χ2v) is 12.9. The van der Waals surface area contributed by atoms with Crippen LogP contribution in [0.5, 0.6) is 0 Å². The molecule has 0 atom stereocenters. The number of benzene rings is 3. The van der Waals surface area contributed by atoms with E-state index in [1.54, 1.807) is 24.3 Å². The van der Waals surface area contributed by atoms with Gasteiger partial charge in [0.2, 0.25) is 10.0 Å². The van der Waals surface area contributed by atoms with Crippen LogP contribution in [0.25, 0.3) is 0 Å². The van der Waals surface area contributed by atoms with Crippen LogP contribution in [0.3, 0.4) is 0 Å². The topological polar surface area (TPSA) is 113 Å². The van der Waals surface area contributed by atoms with E-state index in [-0.39, 0.29) is 20.4 Å². The van der Waals surface area contributed by atoms with Gasteiger partial charge in [0.1, 0.15) is 0 Å². The Morgan fingerprint density at radius 1 is 0.784 bits per heavy atom. The van der Waals surface area contributed by atoms with Crippen molar-refractivity contribution in [3.05, 3.63) is 82.9 Å². The zero-order chi connectivity index (χ0) is 26.6. The number of anilines is 2. The molecule has 1 fully saturated rings. The van der Waals surface area contributed by atoms with Gasteiger partial charge in [-0.3, -0.25) is 9.52 Å². The summed E-state index contributed by atoms with van der Waals surface area (Å²) in [5.41, 5.74) is 1.78. The molecule has 4 rings (SSSR count). The van der Waals surface area contributed by atoms with Crippen LogP contribution in [0.15, 0.2) is 76.5 Å². The molecule has 37 heavy (non-hydrogen) atoms. The lowest BCUT2D eigenvalue weighted by molar-refractivity contribution is 0.102. The average molecular weight is 562 g/mol. The molecule has 1 aliphatic heterocycles. The fourth-order valence-corrected chi connectivity index (χ4v) is 6.83. The highest BCUT2D eigenvalue weighted by molar-refractivity contribution is 7.92. The van der Waals surface area contributed by atoms with Crippen molar-refractivity contribution in [3.63, 3.8) is 0 Å². The van der Waals surface area contributed by atoms with Crippen molar-refractivity contribution in [1.29, 1.82) is 0 Å². The van der Waals surface area contributed by atoms with Crippen molar-refractivity contribution in [1.82, 2.24) is 4.31 Å². The van der Waals surface area contributed by atoms with Crippen molar-refractivity contribution in [2.75, 3.05) is 23.1 Å². The van der Waals surface area contributed by atoms with E-state index < -0.39 is 26.0 Å². The predicted octanol–water partition coefficient (Wildman–Crippen LogP) is 5.27. The Hall–Kier alpha value is -2.92. The molecule has 0 unspecified atom stereocenters. The first-order valence-corrected chi connectivity index (χ1v) is 15.2. The van der Waals surface area contributed by atoms with Crippen LogP contribution in [-0.4, -0.2) is 40.1 Å². The minimum absolute atomic E-state index is 0.00701. The molecule has 3 aromatic carbocycles.